The normalized spacial score (nSPS) is 29.9. The molecule has 4 aliphatic rings. The summed E-state index contributed by atoms with van der Waals surface area (Å²) in [6.07, 6.45) is 4.62. The number of ether oxygens (including phenoxy) is 2. The first kappa shape index (κ1) is 13.7. The van der Waals surface area contributed by atoms with Crippen LogP contribution in [-0.2, 0) is 4.79 Å². The van der Waals surface area contributed by atoms with Gasteiger partial charge in [0.25, 0.3) is 0 Å². The molecule has 1 atom stereocenters. The highest BCUT2D eigenvalue weighted by atomic mass is 16.7. The molecule has 23 heavy (non-hydrogen) atoms. The van der Waals surface area contributed by atoms with Crippen molar-refractivity contribution in [1.82, 2.24) is 4.90 Å². The Hall–Kier alpha value is -1.75. The Morgan fingerprint density at radius 3 is 2.91 bits per heavy atom. The smallest absolute Gasteiger partial charge is 0.231 e. The van der Waals surface area contributed by atoms with Crippen LogP contribution in [0.15, 0.2) is 18.2 Å². The van der Waals surface area contributed by atoms with Gasteiger partial charge in [-0.25, -0.2) is 0 Å². The van der Waals surface area contributed by atoms with Gasteiger partial charge >= 0.3 is 0 Å². The van der Waals surface area contributed by atoms with Crippen molar-refractivity contribution in [2.45, 2.75) is 25.7 Å². The van der Waals surface area contributed by atoms with Gasteiger partial charge in [0, 0.05) is 43.2 Å². The highest BCUT2D eigenvalue weighted by Gasteiger charge is 2.48. The largest absolute Gasteiger partial charge is 0.454 e. The van der Waals surface area contributed by atoms with Crippen LogP contribution >= 0.6 is 0 Å². The molecule has 1 saturated carbocycles. The molecule has 0 radical (unpaired) electrons. The molecular formula is C18H22N2O3. The van der Waals surface area contributed by atoms with Crippen molar-refractivity contribution in [3.63, 3.8) is 0 Å². The first-order valence-electron chi connectivity index (χ1n) is 8.63. The lowest BCUT2D eigenvalue weighted by molar-refractivity contribution is -0.117. The zero-order valence-corrected chi connectivity index (χ0v) is 13.3. The van der Waals surface area contributed by atoms with Crippen LogP contribution in [-0.4, -0.2) is 43.8 Å². The Kier molecular flexibility index (Phi) is 2.89. The zero-order valence-electron chi connectivity index (χ0n) is 13.3. The van der Waals surface area contributed by atoms with Gasteiger partial charge < -0.3 is 19.3 Å². The first-order chi connectivity index (χ1) is 11.2. The third kappa shape index (κ3) is 2.38. The summed E-state index contributed by atoms with van der Waals surface area (Å²) in [5.74, 6) is 2.69. The lowest BCUT2D eigenvalue weighted by Crippen LogP contribution is -2.32. The number of hydrogen-bond acceptors (Lipinski definition) is 4. The number of fused-ring (bicyclic) bond motifs is 1. The molecule has 3 fully saturated rings. The van der Waals surface area contributed by atoms with E-state index in [4.69, 9.17) is 9.47 Å². The molecule has 0 N–H and O–H groups in total. The van der Waals surface area contributed by atoms with E-state index in [1.807, 2.05) is 23.1 Å². The van der Waals surface area contributed by atoms with Crippen molar-refractivity contribution < 1.29 is 14.3 Å². The minimum atomic E-state index is 0.155. The maximum atomic E-state index is 12.6. The number of amides is 1. The summed E-state index contributed by atoms with van der Waals surface area (Å²) < 4.78 is 10.8. The molecule has 122 valence electrons. The summed E-state index contributed by atoms with van der Waals surface area (Å²) in [5, 5.41) is 0. The fourth-order valence-corrected chi connectivity index (χ4v) is 4.31. The predicted octanol–water partition coefficient (Wildman–Crippen LogP) is 2.25. The predicted molar refractivity (Wildman–Crippen MR) is 85.7 cm³/mol. The first-order valence-corrected chi connectivity index (χ1v) is 8.63. The maximum absolute atomic E-state index is 12.6. The topological polar surface area (TPSA) is 42.0 Å². The number of carbonyl (C=O) groups excluding carboxylic acids is 1. The van der Waals surface area contributed by atoms with E-state index in [0.717, 1.165) is 49.2 Å². The van der Waals surface area contributed by atoms with Crippen molar-refractivity contribution >= 4 is 11.6 Å². The minimum Gasteiger partial charge on any atom is -0.454 e. The van der Waals surface area contributed by atoms with E-state index < -0.39 is 0 Å². The van der Waals surface area contributed by atoms with Crippen molar-refractivity contribution in [3.8, 4) is 11.5 Å². The molecule has 0 bridgehead atoms. The maximum Gasteiger partial charge on any atom is 0.231 e. The third-order valence-electron chi connectivity index (χ3n) is 5.72. The Labute approximate surface area is 136 Å². The minimum absolute atomic E-state index is 0.155. The van der Waals surface area contributed by atoms with Crippen LogP contribution in [0.3, 0.4) is 0 Å². The third-order valence-corrected chi connectivity index (χ3v) is 5.72. The molecule has 5 nitrogen and oxygen atoms in total. The second-order valence-electron chi connectivity index (χ2n) is 7.62. The van der Waals surface area contributed by atoms with Gasteiger partial charge in [0.05, 0.1) is 0 Å². The molecule has 2 saturated heterocycles. The van der Waals surface area contributed by atoms with Crippen LogP contribution in [0.1, 0.15) is 25.7 Å². The molecule has 1 aromatic carbocycles. The Bertz CT molecular complexity index is 658. The van der Waals surface area contributed by atoms with Crippen LogP contribution in [0, 0.1) is 11.3 Å². The van der Waals surface area contributed by atoms with Crippen LogP contribution in [0.4, 0.5) is 5.69 Å². The molecule has 1 amide bonds. The van der Waals surface area contributed by atoms with Gasteiger partial charge in [0.15, 0.2) is 11.5 Å². The highest BCUT2D eigenvalue weighted by molar-refractivity contribution is 5.96. The van der Waals surface area contributed by atoms with Crippen LogP contribution in [0.25, 0.3) is 0 Å². The summed E-state index contributed by atoms with van der Waals surface area (Å²) in [6, 6.07) is 5.82. The number of benzene rings is 1. The fraction of sp³-hybridized carbons (Fsp3) is 0.611. The van der Waals surface area contributed by atoms with Crippen LogP contribution in [0.2, 0.25) is 0 Å². The quantitative estimate of drug-likeness (QED) is 0.858. The van der Waals surface area contributed by atoms with Crippen LogP contribution in [0.5, 0.6) is 11.5 Å². The summed E-state index contributed by atoms with van der Waals surface area (Å²) in [4.78, 5) is 17.1. The lowest BCUT2D eigenvalue weighted by Gasteiger charge is -2.24. The van der Waals surface area contributed by atoms with E-state index in [1.165, 1.54) is 19.4 Å². The number of rotatable bonds is 3. The van der Waals surface area contributed by atoms with Gasteiger partial charge in [0.2, 0.25) is 12.7 Å². The monoisotopic (exact) mass is 314 g/mol. The van der Waals surface area contributed by atoms with Gasteiger partial charge in [-0.3, -0.25) is 4.79 Å². The van der Waals surface area contributed by atoms with Gasteiger partial charge in [0.1, 0.15) is 0 Å². The number of carbonyl (C=O) groups is 1. The van der Waals surface area contributed by atoms with Gasteiger partial charge in [-0.15, -0.1) is 0 Å². The fourth-order valence-electron chi connectivity index (χ4n) is 4.31. The number of likely N-dealkylation sites (tertiary alicyclic amines) is 1. The number of nitrogens with zero attached hydrogens (tertiary/aromatic N) is 2. The number of anilines is 1. The van der Waals surface area contributed by atoms with E-state index in [-0.39, 0.29) is 18.1 Å². The molecule has 3 heterocycles. The van der Waals surface area contributed by atoms with Gasteiger partial charge in [-0.1, -0.05) is 0 Å². The standard InChI is InChI=1S/C18H22N2O3/c21-17-8-18(5-6-19(10-18)9-13-1-2-13)11-20(17)14-3-4-15-16(7-14)23-12-22-15/h3-4,7,13H,1-2,5-6,8-12H2/t18-/m0/s1. The van der Waals surface area contributed by atoms with E-state index in [2.05, 4.69) is 4.90 Å². The molecule has 5 rings (SSSR count). The van der Waals surface area contributed by atoms with Crippen molar-refractivity contribution in [1.29, 1.82) is 0 Å². The Morgan fingerprint density at radius 1 is 1.17 bits per heavy atom. The molecule has 3 aliphatic heterocycles. The Morgan fingerprint density at radius 2 is 2.04 bits per heavy atom. The van der Waals surface area contributed by atoms with E-state index in [9.17, 15) is 4.79 Å². The van der Waals surface area contributed by atoms with E-state index in [1.54, 1.807) is 0 Å². The summed E-state index contributed by atoms with van der Waals surface area (Å²) in [5.41, 5.74) is 1.10. The van der Waals surface area contributed by atoms with Gasteiger partial charge in [-0.05, 0) is 43.9 Å². The summed E-state index contributed by atoms with van der Waals surface area (Å²) in [6.45, 7) is 4.58. The zero-order chi connectivity index (χ0) is 15.4. The average molecular weight is 314 g/mol. The van der Waals surface area contributed by atoms with Crippen molar-refractivity contribution in [3.05, 3.63) is 18.2 Å². The lowest BCUT2D eigenvalue weighted by atomic mass is 9.86. The SMILES string of the molecule is O=C1C[C@]2(CCN(CC3CC3)C2)CN1c1ccc2c(c1)OCO2. The molecule has 1 aromatic rings. The summed E-state index contributed by atoms with van der Waals surface area (Å²) >= 11 is 0. The average Bonchev–Trinajstić information content (AvgIpc) is 2.96. The molecule has 1 spiro atoms. The second-order valence-corrected chi connectivity index (χ2v) is 7.62. The molecule has 0 unspecified atom stereocenters. The summed E-state index contributed by atoms with van der Waals surface area (Å²) in [7, 11) is 0. The van der Waals surface area contributed by atoms with E-state index >= 15 is 0 Å². The second kappa shape index (κ2) is 4.87. The Balaban J connectivity index is 1.34. The van der Waals surface area contributed by atoms with Crippen LogP contribution < -0.4 is 14.4 Å². The molecule has 0 aromatic heterocycles. The highest BCUT2D eigenvalue weighted by Crippen LogP contribution is 2.44. The molecule has 5 heteroatoms. The molecular weight excluding hydrogens is 292 g/mol. The number of hydrogen-bond donors (Lipinski definition) is 0. The molecule has 1 aliphatic carbocycles. The van der Waals surface area contributed by atoms with Crippen molar-refractivity contribution in [2.75, 3.05) is 37.9 Å². The van der Waals surface area contributed by atoms with Gasteiger partial charge in [-0.2, -0.15) is 0 Å². The van der Waals surface area contributed by atoms with E-state index in [0.29, 0.717) is 6.42 Å². The van der Waals surface area contributed by atoms with Crippen molar-refractivity contribution in [2.24, 2.45) is 11.3 Å².